The number of rotatable bonds is 4. The Morgan fingerprint density at radius 2 is 2.12 bits per heavy atom. The van der Waals surface area contributed by atoms with Gasteiger partial charge in [-0.2, -0.15) is 0 Å². The summed E-state index contributed by atoms with van der Waals surface area (Å²) in [6.45, 7) is 0. The fraction of sp³-hybridized carbons (Fsp3) is 0.100. The minimum absolute atomic E-state index is 0.183. The molecule has 0 aliphatic carbocycles. The Morgan fingerprint density at radius 1 is 1.35 bits per heavy atom. The molecule has 0 bridgehead atoms. The molecule has 0 radical (unpaired) electrons. The van der Waals surface area contributed by atoms with Crippen molar-refractivity contribution in [2.24, 2.45) is 11.5 Å². The standard InChI is InChI=1S/C10H9N3O2S2/c11-9(14)4-16-7-2-13-3-8-5(7)1-6(17-8)10(12)15/h1-3H,4H2,(H2,11,14)(H2,12,15). The summed E-state index contributed by atoms with van der Waals surface area (Å²) in [5.74, 6) is -0.669. The van der Waals surface area contributed by atoms with Gasteiger partial charge in [0.15, 0.2) is 0 Å². The molecule has 17 heavy (non-hydrogen) atoms. The van der Waals surface area contributed by atoms with E-state index in [2.05, 4.69) is 4.98 Å². The molecule has 0 unspecified atom stereocenters. The second kappa shape index (κ2) is 4.72. The molecule has 2 aromatic heterocycles. The number of hydrogen-bond donors (Lipinski definition) is 2. The van der Waals surface area contributed by atoms with E-state index >= 15 is 0 Å². The van der Waals surface area contributed by atoms with Gasteiger partial charge in [0.1, 0.15) is 0 Å². The molecular formula is C10H9N3O2S2. The highest BCUT2D eigenvalue weighted by atomic mass is 32.2. The Labute approximate surface area is 105 Å². The van der Waals surface area contributed by atoms with Crippen LogP contribution in [0.1, 0.15) is 9.67 Å². The predicted octanol–water partition coefficient (Wildman–Crippen LogP) is 0.973. The van der Waals surface area contributed by atoms with Crippen LogP contribution in [0.4, 0.5) is 0 Å². The highest BCUT2D eigenvalue weighted by molar-refractivity contribution is 8.00. The molecule has 5 nitrogen and oxygen atoms in total. The third-order valence-electron chi connectivity index (χ3n) is 2.02. The number of amides is 2. The predicted molar refractivity (Wildman–Crippen MR) is 68.1 cm³/mol. The highest BCUT2D eigenvalue weighted by Gasteiger charge is 2.11. The first-order valence-corrected chi connectivity index (χ1v) is 6.46. The van der Waals surface area contributed by atoms with Crippen LogP contribution >= 0.6 is 23.1 Å². The number of pyridine rings is 1. The van der Waals surface area contributed by atoms with Gasteiger partial charge in [0, 0.05) is 22.7 Å². The minimum Gasteiger partial charge on any atom is -0.369 e. The molecule has 4 N–H and O–H groups in total. The van der Waals surface area contributed by atoms with Gasteiger partial charge in [-0.15, -0.1) is 23.1 Å². The van der Waals surface area contributed by atoms with Crippen LogP contribution in [0.15, 0.2) is 23.4 Å². The molecule has 0 fully saturated rings. The first kappa shape index (κ1) is 11.9. The summed E-state index contributed by atoms with van der Waals surface area (Å²) in [4.78, 5) is 27.2. The summed E-state index contributed by atoms with van der Waals surface area (Å²) in [5, 5.41) is 0.880. The van der Waals surface area contributed by atoms with E-state index in [-0.39, 0.29) is 5.75 Å². The Kier molecular flexibility index (Phi) is 3.30. The zero-order valence-corrected chi connectivity index (χ0v) is 10.3. The third kappa shape index (κ3) is 2.56. The van der Waals surface area contributed by atoms with Crippen molar-refractivity contribution in [2.45, 2.75) is 4.90 Å². The summed E-state index contributed by atoms with van der Waals surface area (Å²) in [6, 6.07) is 1.72. The summed E-state index contributed by atoms with van der Waals surface area (Å²) >= 11 is 2.59. The van der Waals surface area contributed by atoms with E-state index in [0.29, 0.717) is 4.88 Å². The molecular weight excluding hydrogens is 258 g/mol. The van der Waals surface area contributed by atoms with Crippen LogP contribution in [0.25, 0.3) is 10.1 Å². The summed E-state index contributed by atoms with van der Waals surface area (Å²) in [7, 11) is 0. The quantitative estimate of drug-likeness (QED) is 0.806. The van der Waals surface area contributed by atoms with E-state index in [1.807, 2.05) is 0 Å². The van der Waals surface area contributed by atoms with Crippen molar-refractivity contribution < 1.29 is 9.59 Å². The van der Waals surface area contributed by atoms with Gasteiger partial charge in [-0.05, 0) is 6.07 Å². The number of carbonyl (C=O) groups is 2. The van der Waals surface area contributed by atoms with Crippen molar-refractivity contribution in [1.82, 2.24) is 4.98 Å². The minimum atomic E-state index is -0.461. The van der Waals surface area contributed by atoms with Gasteiger partial charge in [0.2, 0.25) is 5.91 Å². The van der Waals surface area contributed by atoms with E-state index in [1.54, 1.807) is 18.5 Å². The lowest BCUT2D eigenvalue weighted by Gasteiger charge is -1.99. The first-order valence-electron chi connectivity index (χ1n) is 4.66. The molecule has 0 aliphatic heterocycles. The van der Waals surface area contributed by atoms with Gasteiger partial charge in [-0.3, -0.25) is 14.6 Å². The molecule has 88 valence electrons. The van der Waals surface area contributed by atoms with Crippen molar-refractivity contribution in [3.8, 4) is 0 Å². The molecule has 2 amide bonds. The Bertz CT molecular complexity index is 594. The average molecular weight is 267 g/mol. The lowest BCUT2D eigenvalue weighted by atomic mass is 10.3. The van der Waals surface area contributed by atoms with Crippen LogP contribution in [0, 0.1) is 0 Å². The average Bonchev–Trinajstić information content (AvgIpc) is 2.70. The molecule has 0 saturated heterocycles. The van der Waals surface area contributed by atoms with E-state index < -0.39 is 11.8 Å². The van der Waals surface area contributed by atoms with Crippen molar-refractivity contribution in [3.63, 3.8) is 0 Å². The molecule has 0 saturated carbocycles. The Morgan fingerprint density at radius 3 is 2.76 bits per heavy atom. The zero-order chi connectivity index (χ0) is 12.4. The van der Waals surface area contributed by atoms with Gasteiger partial charge < -0.3 is 11.5 Å². The Hall–Kier alpha value is -1.60. The van der Waals surface area contributed by atoms with Crippen molar-refractivity contribution >= 4 is 45.0 Å². The van der Waals surface area contributed by atoms with Crippen LogP contribution < -0.4 is 11.5 Å². The molecule has 0 aromatic carbocycles. The number of thiophene rings is 1. The molecule has 2 aromatic rings. The Balaban J connectivity index is 2.42. The number of nitrogens with zero attached hydrogens (tertiary/aromatic N) is 1. The van der Waals surface area contributed by atoms with Gasteiger partial charge in [-0.25, -0.2) is 0 Å². The number of fused-ring (bicyclic) bond motifs is 1. The smallest absolute Gasteiger partial charge is 0.258 e. The summed E-state index contributed by atoms with van der Waals surface area (Å²) in [5.41, 5.74) is 10.3. The number of nitrogens with two attached hydrogens (primary N) is 2. The largest absolute Gasteiger partial charge is 0.369 e. The maximum absolute atomic E-state index is 11.1. The monoisotopic (exact) mass is 267 g/mol. The second-order valence-electron chi connectivity index (χ2n) is 3.28. The van der Waals surface area contributed by atoms with Crippen LogP contribution in [0.3, 0.4) is 0 Å². The third-order valence-corrected chi connectivity index (χ3v) is 4.17. The van der Waals surface area contributed by atoms with Gasteiger partial charge in [0.05, 0.1) is 15.3 Å². The van der Waals surface area contributed by atoms with Gasteiger partial charge in [-0.1, -0.05) is 0 Å². The lowest BCUT2D eigenvalue weighted by Crippen LogP contribution is -2.12. The van der Waals surface area contributed by atoms with Crippen LogP contribution in [-0.4, -0.2) is 22.6 Å². The van der Waals surface area contributed by atoms with Crippen molar-refractivity contribution in [2.75, 3.05) is 5.75 Å². The fourth-order valence-electron chi connectivity index (χ4n) is 1.32. The normalized spacial score (nSPS) is 10.6. The molecule has 2 rings (SSSR count). The van der Waals surface area contributed by atoms with Gasteiger partial charge >= 0.3 is 0 Å². The van der Waals surface area contributed by atoms with E-state index in [1.165, 1.54) is 23.1 Å². The molecule has 0 aliphatic rings. The highest BCUT2D eigenvalue weighted by Crippen LogP contribution is 2.32. The zero-order valence-electron chi connectivity index (χ0n) is 8.67. The van der Waals surface area contributed by atoms with Crippen LogP contribution in [0.5, 0.6) is 0 Å². The van der Waals surface area contributed by atoms with Crippen LogP contribution in [-0.2, 0) is 4.79 Å². The fourth-order valence-corrected chi connectivity index (χ4v) is 3.05. The number of carbonyl (C=O) groups excluding carboxylic acids is 2. The van der Waals surface area contributed by atoms with E-state index in [9.17, 15) is 9.59 Å². The second-order valence-corrected chi connectivity index (χ2v) is 5.38. The van der Waals surface area contributed by atoms with E-state index in [4.69, 9.17) is 11.5 Å². The molecule has 0 spiro atoms. The number of thioether (sulfide) groups is 1. The maximum atomic E-state index is 11.1. The molecule has 0 atom stereocenters. The van der Waals surface area contributed by atoms with Crippen molar-refractivity contribution in [3.05, 3.63) is 23.3 Å². The SMILES string of the molecule is NC(=O)CSc1cncc2sc(C(N)=O)cc12. The topological polar surface area (TPSA) is 99.1 Å². The lowest BCUT2D eigenvalue weighted by molar-refractivity contribution is -0.115. The van der Waals surface area contributed by atoms with Crippen molar-refractivity contribution in [1.29, 1.82) is 0 Å². The van der Waals surface area contributed by atoms with Crippen LogP contribution in [0.2, 0.25) is 0 Å². The summed E-state index contributed by atoms with van der Waals surface area (Å²) < 4.78 is 0.869. The molecule has 2 heterocycles. The number of aromatic nitrogens is 1. The number of primary amides is 2. The maximum Gasteiger partial charge on any atom is 0.258 e. The summed E-state index contributed by atoms with van der Waals surface area (Å²) in [6.07, 6.45) is 3.31. The first-order chi connectivity index (χ1) is 8.08. The van der Waals surface area contributed by atoms with Gasteiger partial charge in [0.25, 0.3) is 5.91 Å². The van der Waals surface area contributed by atoms with E-state index in [0.717, 1.165) is 15.0 Å². The number of hydrogen-bond acceptors (Lipinski definition) is 5. The molecule has 7 heteroatoms.